The van der Waals surface area contributed by atoms with E-state index in [1.807, 2.05) is 26.8 Å². The van der Waals surface area contributed by atoms with Crippen LogP contribution in [0.15, 0.2) is 10.5 Å². The molecule has 1 aromatic heterocycles. The zero-order valence-electron chi connectivity index (χ0n) is 11.2. The highest BCUT2D eigenvalue weighted by Crippen LogP contribution is 2.17. The summed E-state index contributed by atoms with van der Waals surface area (Å²) in [6.45, 7) is 7.69. The highest BCUT2D eigenvalue weighted by atomic mass is 16.5. The molecule has 0 unspecified atom stereocenters. The molecule has 0 radical (unpaired) electrons. The van der Waals surface area contributed by atoms with Gasteiger partial charge in [-0.25, -0.2) is 0 Å². The predicted octanol–water partition coefficient (Wildman–Crippen LogP) is 2.38. The van der Waals surface area contributed by atoms with Gasteiger partial charge in [0.15, 0.2) is 0 Å². The molecule has 0 fully saturated rings. The van der Waals surface area contributed by atoms with E-state index in [0.717, 1.165) is 23.5 Å². The number of ether oxygens (including phenoxy) is 2. The molecule has 0 atom stereocenters. The summed E-state index contributed by atoms with van der Waals surface area (Å²) in [7, 11) is 1.72. The first-order valence-electron chi connectivity index (χ1n) is 5.89. The molecule has 0 saturated carbocycles. The molecule has 0 aliphatic carbocycles. The van der Waals surface area contributed by atoms with E-state index in [2.05, 4.69) is 0 Å². The second-order valence-electron chi connectivity index (χ2n) is 4.76. The molecule has 0 aromatic carbocycles. The van der Waals surface area contributed by atoms with Gasteiger partial charge in [0, 0.05) is 19.3 Å². The summed E-state index contributed by atoms with van der Waals surface area (Å²) in [5.74, 6) is 1.69. The Morgan fingerprint density at radius 1 is 1.41 bits per heavy atom. The first-order chi connectivity index (χ1) is 7.98. The molecule has 1 aromatic rings. The van der Waals surface area contributed by atoms with Crippen LogP contribution in [0.5, 0.6) is 0 Å². The zero-order chi connectivity index (χ0) is 12.9. The fourth-order valence-corrected chi connectivity index (χ4v) is 1.43. The number of furan rings is 1. The van der Waals surface area contributed by atoms with Gasteiger partial charge in [-0.3, -0.25) is 0 Å². The number of rotatable bonds is 7. The van der Waals surface area contributed by atoms with E-state index in [9.17, 15) is 0 Å². The molecule has 0 aliphatic rings. The van der Waals surface area contributed by atoms with Crippen molar-refractivity contribution in [3.05, 3.63) is 23.2 Å². The lowest BCUT2D eigenvalue weighted by Crippen LogP contribution is -2.24. The van der Waals surface area contributed by atoms with Crippen molar-refractivity contribution in [1.82, 2.24) is 0 Å². The Morgan fingerprint density at radius 2 is 2.12 bits per heavy atom. The zero-order valence-corrected chi connectivity index (χ0v) is 11.2. The van der Waals surface area contributed by atoms with E-state index >= 15 is 0 Å². The number of aryl methyl sites for hydroxylation is 1. The summed E-state index contributed by atoms with van der Waals surface area (Å²) >= 11 is 0. The third-order valence-corrected chi connectivity index (χ3v) is 2.93. The van der Waals surface area contributed by atoms with Crippen LogP contribution in [-0.2, 0) is 22.6 Å². The van der Waals surface area contributed by atoms with Crippen LogP contribution in [0.1, 0.15) is 37.4 Å². The molecule has 4 heteroatoms. The van der Waals surface area contributed by atoms with E-state index in [1.54, 1.807) is 7.11 Å². The van der Waals surface area contributed by atoms with Gasteiger partial charge in [0.25, 0.3) is 0 Å². The van der Waals surface area contributed by atoms with Crippen molar-refractivity contribution in [2.75, 3.05) is 13.7 Å². The minimum absolute atomic E-state index is 0.131. The number of hydrogen-bond donors (Lipinski definition) is 1. The molecular formula is C13H23NO3. The van der Waals surface area contributed by atoms with E-state index in [0.29, 0.717) is 19.8 Å². The van der Waals surface area contributed by atoms with Crippen LogP contribution >= 0.6 is 0 Å². The van der Waals surface area contributed by atoms with Crippen LogP contribution < -0.4 is 5.73 Å². The standard InChI is InChI=1S/C13H23NO3/c1-10-11(7-12(8-14)17-10)9-16-6-5-13(2,3)15-4/h7H,5-6,8-9,14H2,1-4H3. The fraction of sp³-hybridized carbons (Fsp3) is 0.692. The SMILES string of the molecule is COC(C)(C)CCOCc1cc(CN)oc1C. The Bertz CT molecular complexity index is 344. The smallest absolute Gasteiger partial charge is 0.118 e. The molecule has 0 aliphatic heterocycles. The van der Waals surface area contributed by atoms with Gasteiger partial charge < -0.3 is 19.6 Å². The third kappa shape index (κ3) is 4.50. The van der Waals surface area contributed by atoms with Crippen molar-refractivity contribution in [2.45, 2.75) is 45.9 Å². The monoisotopic (exact) mass is 241 g/mol. The Morgan fingerprint density at radius 3 is 2.65 bits per heavy atom. The first kappa shape index (κ1) is 14.2. The Kier molecular flexibility index (Phi) is 5.18. The average Bonchev–Trinajstić information content (AvgIpc) is 2.66. The van der Waals surface area contributed by atoms with Crippen molar-refractivity contribution in [3.8, 4) is 0 Å². The largest absolute Gasteiger partial charge is 0.465 e. The van der Waals surface area contributed by atoms with Crippen molar-refractivity contribution < 1.29 is 13.9 Å². The van der Waals surface area contributed by atoms with Gasteiger partial charge >= 0.3 is 0 Å². The first-order valence-corrected chi connectivity index (χ1v) is 5.89. The summed E-state index contributed by atoms with van der Waals surface area (Å²) in [5.41, 5.74) is 6.45. The molecule has 4 nitrogen and oxygen atoms in total. The van der Waals surface area contributed by atoms with E-state index in [1.165, 1.54) is 0 Å². The fourth-order valence-electron chi connectivity index (χ4n) is 1.43. The lowest BCUT2D eigenvalue weighted by Gasteiger charge is -2.22. The Hall–Kier alpha value is -0.840. The molecular weight excluding hydrogens is 218 g/mol. The third-order valence-electron chi connectivity index (χ3n) is 2.93. The van der Waals surface area contributed by atoms with Gasteiger partial charge in [0.1, 0.15) is 11.5 Å². The lowest BCUT2D eigenvalue weighted by molar-refractivity contribution is -0.0125. The maximum absolute atomic E-state index is 5.62. The minimum Gasteiger partial charge on any atom is -0.465 e. The molecule has 98 valence electrons. The van der Waals surface area contributed by atoms with Crippen LogP contribution in [0.3, 0.4) is 0 Å². The molecule has 0 spiro atoms. The molecule has 1 heterocycles. The molecule has 0 saturated heterocycles. The van der Waals surface area contributed by atoms with Crippen LogP contribution in [0.4, 0.5) is 0 Å². The van der Waals surface area contributed by atoms with Crippen molar-refractivity contribution in [1.29, 1.82) is 0 Å². The highest BCUT2D eigenvalue weighted by molar-refractivity contribution is 5.19. The van der Waals surface area contributed by atoms with Gasteiger partial charge in [-0.15, -0.1) is 0 Å². The molecule has 17 heavy (non-hydrogen) atoms. The van der Waals surface area contributed by atoms with Crippen LogP contribution in [0.25, 0.3) is 0 Å². The van der Waals surface area contributed by atoms with E-state index in [-0.39, 0.29) is 5.60 Å². The van der Waals surface area contributed by atoms with Crippen molar-refractivity contribution in [2.24, 2.45) is 5.73 Å². The number of nitrogens with two attached hydrogens (primary N) is 1. The van der Waals surface area contributed by atoms with Gasteiger partial charge in [0.05, 0.1) is 18.8 Å². The molecule has 0 amide bonds. The Labute approximate surface area is 103 Å². The summed E-state index contributed by atoms with van der Waals surface area (Å²) in [5, 5.41) is 0. The normalized spacial score (nSPS) is 12.1. The summed E-state index contributed by atoms with van der Waals surface area (Å²) in [4.78, 5) is 0. The second-order valence-corrected chi connectivity index (χ2v) is 4.76. The quantitative estimate of drug-likeness (QED) is 0.745. The van der Waals surface area contributed by atoms with Crippen molar-refractivity contribution >= 4 is 0 Å². The van der Waals surface area contributed by atoms with Crippen LogP contribution in [0.2, 0.25) is 0 Å². The maximum atomic E-state index is 5.62. The molecule has 1 rings (SSSR count). The number of hydrogen-bond acceptors (Lipinski definition) is 4. The maximum Gasteiger partial charge on any atom is 0.118 e. The molecule has 0 bridgehead atoms. The summed E-state index contributed by atoms with van der Waals surface area (Å²) in [6, 6.07) is 1.96. The number of methoxy groups -OCH3 is 1. The molecule has 2 N–H and O–H groups in total. The minimum atomic E-state index is -0.131. The average molecular weight is 241 g/mol. The van der Waals surface area contributed by atoms with Gasteiger partial charge in [-0.1, -0.05) is 0 Å². The van der Waals surface area contributed by atoms with Gasteiger partial charge in [0.2, 0.25) is 0 Å². The second kappa shape index (κ2) is 6.19. The predicted molar refractivity (Wildman–Crippen MR) is 66.7 cm³/mol. The van der Waals surface area contributed by atoms with Gasteiger partial charge in [-0.05, 0) is 33.3 Å². The topological polar surface area (TPSA) is 57.6 Å². The van der Waals surface area contributed by atoms with Crippen LogP contribution in [-0.4, -0.2) is 19.3 Å². The van der Waals surface area contributed by atoms with Gasteiger partial charge in [-0.2, -0.15) is 0 Å². The Balaban J connectivity index is 2.33. The lowest BCUT2D eigenvalue weighted by atomic mass is 10.1. The van der Waals surface area contributed by atoms with Crippen molar-refractivity contribution in [3.63, 3.8) is 0 Å². The summed E-state index contributed by atoms with van der Waals surface area (Å²) < 4.78 is 16.4. The van der Waals surface area contributed by atoms with E-state index in [4.69, 9.17) is 19.6 Å². The summed E-state index contributed by atoms with van der Waals surface area (Å²) in [6.07, 6.45) is 0.865. The van der Waals surface area contributed by atoms with Crippen LogP contribution in [0, 0.1) is 6.92 Å². The highest BCUT2D eigenvalue weighted by Gasteiger charge is 2.15. The van der Waals surface area contributed by atoms with E-state index < -0.39 is 0 Å².